The normalized spacial score (nSPS) is 10.1. The lowest BCUT2D eigenvalue weighted by Gasteiger charge is -2.17. The zero-order valence-electron chi connectivity index (χ0n) is 15.0. The van der Waals surface area contributed by atoms with E-state index in [0.717, 1.165) is 5.69 Å². The van der Waals surface area contributed by atoms with Gasteiger partial charge >= 0.3 is 0 Å². The third kappa shape index (κ3) is 4.95. The van der Waals surface area contributed by atoms with E-state index < -0.39 is 0 Å². The summed E-state index contributed by atoms with van der Waals surface area (Å²) in [5, 5.41) is 2.75. The van der Waals surface area contributed by atoms with Gasteiger partial charge in [0.05, 0.1) is 0 Å². The van der Waals surface area contributed by atoms with E-state index in [1.807, 2.05) is 48.5 Å². The van der Waals surface area contributed by atoms with Gasteiger partial charge < -0.3 is 15.0 Å². The fourth-order valence-electron chi connectivity index (χ4n) is 2.52. The van der Waals surface area contributed by atoms with Crippen molar-refractivity contribution in [3.05, 3.63) is 90.5 Å². The standard InChI is InChI=1S/C22H20N2O3/c1-24(19-8-4-2-5-9-19)22(26)17-12-14-18(15-13-17)23-21(25)16-27-20-10-6-3-7-11-20/h2-15H,16H2,1H3,(H,23,25). The van der Waals surface area contributed by atoms with Crippen LogP contribution in [-0.2, 0) is 4.79 Å². The number of rotatable bonds is 6. The Bertz CT molecular complexity index is 894. The summed E-state index contributed by atoms with van der Waals surface area (Å²) in [6.07, 6.45) is 0. The molecule has 0 saturated heterocycles. The van der Waals surface area contributed by atoms with Gasteiger partial charge in [0.2, 0.25) is 0 Å². The van der Waals surface area contributed by atoms with Crippen LogP contribution in [-0.4, -0.2) is 25.5 Å². The predicted octanol–water partition coefficient (Wildman–Crippen LogP) is 3.98. The molecule has 136 valence electrons. The van der Waals surface area contributed by atoms with Gasteiger partial charge in [-0.1, -0.05) is 36.4 Å². The topological polar surface area (TPSA) is 58.6 Å². The summed E-state index contributed by atoms with van der Waals surface area (Å²) in [6.45, 7) is -0.0819. The first-order valence-electron chi connectivity index (χ1n) is 8.54. The maximum atomic E-state index is 12.6. The molecule has 3 aromatic carbocycles. The lowest BCUT2D eigenvalue weighted by atomic mass is 10.1. The number of carbonyl (C=O) groups is 2. The number of anilines is 2. The minimum absolute atomic E-state index is 0.0819. The van der Waals surface area contributed by atoms with Crippen LogP contribution >= 0.6 is 0 Å². The van der Waals surface area contributed by atoms with Gasteiger partial charge in [-0.05, 0) is 48.5 Å². The average Bonchev–Trinajstić information content (AvgIpc) is 2.73. The molecular formula is C22H20N2O3. The third-order valence-electron chi connectivity index (χ3n) is 3.98. The van der Waals surface area contributed by atoms with Gasteiger partial charge in [0.25, 0.3) is 11.8 Å². The van der Waals surface area contributed by atoms with Crippen molar-refractivity contribution in [2.45, 2.75) is 0 Å². The second-order valence-corrected chi connectivity index (χ2v) is 5.93. The van der Waals surface area contributed by atoms with E-state index in [4.69, 9.17) is 4.74 Å². The van der Waals surface area contributed by atoms with E-state index in [-0.39, 0.29) is 18.4 Å². The Morgan fingerprint density at radius 2 is 1.44 bits per heavy atom. The summed E-state index contributed by atoms with van der Waals surface area (Å²) in [5.74, 6) is 0.253. The molecule has 2 amide bonds. The van der Waals surface area contributed by atoms with Crippen LogP contribution in [0.15, 0.2) is 84.9 Å². The van der Waals surface area contributed by atoms with Crippen LogP contribution in [0.2, 0.25) is 0 Å². The van der Waals surface area contributed by atoms with E-state index >= 15 is 0 Å². The number of nitrogens with zero attached hydrogens (tertiary/aromatic N) is 1. The molecule has 0 aliphatic carbocycles. The van der Waals surface area contributed by atoms with E-state index in [1.54, 1.807) is 48.3 Å². The molecule has 5 heteroatoms. The molecule has 0 spiro atoms. The summed E-state index contributed by atoms with van der Waals surface area (Å²) in [4.78, 5) is 26.1. The predicted molar refractivity (Wildman–Crippen MR) is 106 cm³/mol. The summed E-state index contributed by atoms with van der Waals surface area (Å²) in [5.41, 5.74) is 1.97. The van der Waals surface area contributed by atoms with Gasteiger partial charge in [0.1, 0.15) is 5.75 Å². The molecular weight excluding hydrogens is 340 g/mol. The van der Waals surface area contributed by atoms with E-state index in [2.05, 4.69) is 5.32 Å². The Kier molecular flexibility index (Phi) is 5.84. The first-order chi connectivity index (χ1) is 13.1. The largest absolute Gasteiger partial charge is 0.484 e. The number of ether oxygens (including phenoxy) is 1. The molecule has 27 heavy (non-hydrogen) atoms. The molecule has 0 atom stereocenters. The Labute approximate surface area is 158 Å². The van der Waals surface area contributed by atoms with E-state index in [9.17, 15) is 9.59 Å². The van der Waals surface area contributed by atoms with E-state index in [1.165, 1.54) is 0 Å². The Morgan fingerprint density at radius 1 is 0.852 bits per heavy atom. The molecule has 1 N–H and O–H groups in total. The van der Waals surface area contributed by atoms with Gasteiger partial charge in [0, 0.05) is 24.0 Å². The summed E-state index contributed by atoms with van der Waals surface area (Å²) in [6, 6.07) is 25.3. The second kappa shape index (κ2) is 8.67. The average molecular weight is 360 g/mol. The molecule has 0 heterocycles. The number of benzene rings is 3. The maximum Gasteiger partial charge on any atom is 0.262 e. The lowest BCUT2D eigenvalue weighted by Crippen LogP contribution is -2.26. The minimum atomic E-state index is -0.265. The van der Waals surface area contributed by atoms with Crippen molar-refractivity contribution in [2.75, 3.05) is 23.9 Å². The van der Waals surface area contributed by atoms with Crippen molar-refractivity contribution in [1.82, 2.24) is 0 Å². The number of hydrogen-bond acceptors (Lipinski definition) is 3. The lowest BCUT2D eigenvalue weighted by molar-refractivity contribution is -0.118. The number of nitrogens with one attached hydrogen (secondary N) is 1. The zero-order chi connectivity index (χ0) is 19.1. The highest BCUT2D eigenvalue weighted by atomic mass is 16.5. The van der Waals surface area contributed by atoms with Crippen LogP contribution in [0.3, 0.4) is 0 Å². The maximum absolute atomic E-state index is 12.6. The number of carbonyl (C=O) groups excluding carboxylic acids is 2. The second-order valence-electron chi connectivity index (χ2n) is 5.93. The third-order valence-corrected chi connectivity index (χ3v) is 3.98. The van der Waals surface area contributed by atoms with Crippen molar-refractivity contribution in [3.8, 4) is 5.75 Å². The molecule has 3 aromatic rings. The van der Waals surface area contributed by atoms with Crippen LogP contribution < -0.4 is 15.0 Å². The van der Waals surface area contributed by atoms with Gasteiger partial charge in [-0.3, -0.25) is 9.59 Å². The molecule has 5 nitrogen and oxygen atoms in total. The molecule has 0 saturated carbocycles. The molecule has 0 fully saturated rings. The molecule has 0 bridgehead atoms. The highest BCUT2D eigenvalue weighted by molar-refractivity contribution is 6.06. The quantitative estimate of drug-likeness (QED) is 0.723. The van der Waals surface area contributed by atoms with Crippen LogP contribution in [0.5, 0.6) is 5.75 Å². The zero-order valence-corrected chi connectivity index (χ0v) is 15.0. The first-order valence-corrected chi connectivity index (χ1v) is 8.54. The monoisotopic (exact) mass is 360 g/mol. The smallest absolute Gasteiger partial charge is 0.262 e. The fourth-order valence-corrected chi connectivity index (χ4v) is 2.52. The fraction of sp³-hybridized carbons (Fsp3) is 0.0909. The van der Waals surface area contributed by atoms with Gasteiger partial charge in [0.15, 0.2) is 6.61 Å². The molecule has 3 rings (SSSR count). The van der Waals surface area contributed by atoms with E-state index in [0.29, 0.717) is 17.0 Å². The number of para-hydroxylation sites is 2. The van der Waals surface area contributed by atoms with Gasteiger partial charge in [-0.2, -0.15) is 0 Å². The highest BCUT2D eigenvalue weighted by Gasteiger charge is 2.13. The number of amides is 2. The highest BCUT2D eigenvalue weighted by Crippen LogP contribution is 2.17. The molecule has 0 unspecified atom stereocenters. The Morgan fingerprint density at radius 3 is 2.07 bits per heavy atom. The minimum Gasteiger partial charge on any atom is -0.484 e. The van der Waals surface area contributed by atoms with Crippen molar-refractivity contribution in [3.63, 3.8) is 0 Å². The van der Waals surface area contributed by atoms with Crippen LogP contribution in [0, 0.1) is 0 Å². The van der Waals surface area contributed by atoms with Gasteiger partial charge in [-0.15, -0.1) is 0 Å². The van der Waals surface area contributed by atoms with Crippen LogP contribution in [0.1, 0.15) is 10.4 Å². The Hall–Kier alpha value is -3.60. The summed E-state index contributed by atoms with van der Waals surface area (Å²) >= 11 is 0. The van der Waals surface area contributed by atoms with Crippen molar-refractivity contribution < 1.29 is 14.3 Å². The summed E-state index contributed by atoms with van der Waals surface area (Å²) in [7, 11) is 1.73. The Balaban J connectivity index is 1.56. The van der Waals surface area contributed by atoms with Crippen LogP contribution in [0.25, 0.3) is 0 Å². The van der Waals surface area contributed by atoms with Crippen molar-refractivity contribution in [1.29, 1.82) is 0 Å². The number of hydrogen-bond donors (Lipinski definition) is 1. The molecule has 0 aliphatic rings. The summed E-state index contributed by atoms with van der Waals surface area (Å²) < 4.78 is 5.41. The van der Waals surface area contributed by atoms with Crippen molar-refractivity contribution >= 4 is 23.2 Å². The van der Waals surface area contributed by atoms with Gasteiger partial charge in [-0.25, -0.2) is 0 Å². The molecule has 0 aromatic heterocycles. The van der Waals surface area contributed by atoms with Crippen LogP contribution in [0.4, 0.5) is 11.4 Å². The molecule has 0 radical (unpaired) electrons. The SMILES string of the molecule is CN(C(=O)c1ccc(NC(=O)COc2ccccc2)cc1)c1ccccc1. The first kappa shape index (κ1) is 18.2. The molecule has 0 aliphatic heterocycles. The van der Waals surface area contributed by atoms with Crippen molar-refractivity contribution in [2.24, 2.45) is 0 Å².